The molecule has 0 bridgehead atoms. The lowest BCUT2D eigenvalue weighted by Crippen LogP contribution is -2.57. The molecule has 0 atom stereocenters. The molecule has 1 aliphatic heterocycles. The van der Waals surface area contributed by atoms with E-state index in [0.29, 0.717) is 37.4 Å². The van der Waals surface area contributed by atoms with Gasteiger partial charge in [0.25, 0.3) is 5.91 Å². The Kier molecular flexibility index (Phi) is 7.77. The molecular formula is C25H27F3N6O3. The molecular weight excluding hydrogens is 489 g/mol. The monoisotopic (exact) mass is 516 g/mol. The molecule has 1 fully saturated rings. The number of benzene rings is 1. The van der Waals surface area contributed by atoms with Crippen molar-refractivity contribution in [2.45, 2.75) is 26.6 Å². The fourth-order valence-corrected chi connectivity index (χ4v) is 4.09. The molecule has 9 nitrogen and oxygen atoms in total. The summed E-state index contributed by atoms with van der Waals surface area (Å²) in [4.78, 5) is 32.0. The number of amides is 2. The number of hydrogen-bond acceptors (Lipinski definition) is 6. The number of carbonyl (C=O) groups is 2. The number of aryl methyl sites for hydroxylation is 2. The second-order valence-corrected chi connectivity index (χ2v) is 8.66. The van der Waals surface area contributed by atoms with E-state index in [1.165, 1.54) is 23.3 Å². The SMILES string of the molecule is Cc1cc(C)n(CC(=O)N2CCN(N(C(=O)c3ccccc3)c3ccnc(OCC(F)(F)F)c3)CC2)n1. The van der Waals surface area contributed by atoms with Crippen molar-refractivity contribution in [3.05, 3.63) is 71.7 Å². The van der Waals surface area contributed by atoms with Crippen LogP contribution in [0.1, 0.15) is 21.7 Å². The first kappa shape index (κ1) is 26.1. The van der Waals surface area contributed by atoms with E-state index in [-0.39, 0.29) is 24.2 Å². The standard InChI is InChI=1S/C25H27F3N6O3/c1-18-14-19(2)33(30-18)16-23(35)31-10-12-32(13-11-31)34(24(36)20-6-4-3-5-7-20)21-8-9-29-22(15-21)37-17-25(26,27)28/h3-9,14-15H,10-13,16-17H2,1-2H3. The molecule has 1 aromatic carbocycles. The Morgan fingerprint density at radius 3 is 2.35 bits per heavy atom. The molecule has 0 N–H and O–H groups in total. The number of rotatable bonds is 7. The minimum absolute atomic E-state index is 0.0847. The van der Waals surface area contributed by atoms with E-state index in [1.807, 2.05) is 19.9 Å². The summed E-state index contributed by atoms with van der Waals surface area (Å²) in [5, 5.41) is 7.51. The summed E-state index contributed by atoms with van der Waals surface area (Å²) in [6, 6.07) is 13.3. The number of alkyl halides is 3. The average molecular weight is 517 g/mol. The summed E-state index contributed by atoms with van der Waals surface area (Å²) in [6.07, 6.45) is -3.23. The summed E-state index contributed by atoms with van der Waals surface area (Å²) in [5.41, 5.74) is 2.44. The number of halogens is 3. The molecule has 12 heteroatoms. The van der Waals surface area contributed by atoms with Gasteiger partial charge in [-0.1, -0.05) is 18.2 Å². The Labute approximate surface area is 212 Å². The zero-order chi connectivity index (χ0) is 26.6. The molecule has 3 aromatic rings. The average Bonchev–Trinajstić information content (AvgIpc) is 3.19. The van der Waals surface area contributed by atoms with E-state index in [4.69, 9.17) is 4.74 Å². The summed E-state index contributed by atoms with van der Waals surface area (Å²) in [7, 11) is 0. The van der Waals surface area contributed by atoms with Gasteiger partial charge in [0, 0.05) is 49.7 Å². The van der Waals surface area contributed by atoms with Gasteiger partial charge in [-0.15, -0.1) is 0 Å². The molecule has 0 saturated carbocycles. The largest absolute Gasteiger partial charge is 0.468 e. The second kappa shape index (κ2) is 11.0. The second-order valence-electron chi connectivity index (χ2n) is 8.66. The van der Waals surface area contributed by atoms with E-state index < -0.39 is 12.8 Å². The number of hydrazine groups is 1. The Morgan fingerprint density at radius 2 is 1.73 bits per heavy atom. The molecule has 4 rings (SSSR count). The van der Waals surface area contributed by atoms with Crippen LogP contribution in [0.3, 0.4) is 0 Å². The normalized spacial score (nSPS) is 14.5. The lowest BCUT2D eigenvalue weighted by Gasteiger charge is -2.41. The van der Waals surface area contributed by atoms with E-state index in [1.54, 1.807) is 44.9 Å². The third kappa shape index (κ3) is 6.64. The lowest BCUT2D eigenvalue weighted by molar-refractivity contribution is -0.154. The zero-order valence-corrected chi connectivity index (χ0v) is 20.5. The summed E-state index contributed by atoms with van der Waals surface area (Å²) >= 11 is 0. The number of hydrogen-bond donors (Lipinski definition) is 0. The quantitative estimate of drug-likeness (QED) is 0.480. The van der Waals surface area contributed by atoms with Crippen LogP contribution < -0.4 is 9.75 Å². The predicted molar refractivity (Wildman–Crippen MR) is 129 cm³/mol. The van der Waals surface area contributed by atoms with Gasteiger partial charge in [0.15, 0.2) is 6.61 Å². The van der Waals surface area contributed by atoms with Crippen LogP contribution in [0.2, 0.25) is 0 Å². The number of pyridine rings is 1. The fraction of sp³-hybridized carbons (Fsp3) is 0.360. The topological polar surface area (TPSA) is 83.8 Å². The molecule has 0 unspecified atom stereocenters. The molecule has 0 spiro atoms. The van der Waals surface area contributed by atoms with Crippen LogP contribution >= 0.6 is 0 Å². The first-order valence-electron chi connectivity index (χ1n) is 11.7. The van der Waals surface area contributed by atoms with Gasteiger partial charge in [-0.25, -0.2) is 15.0 Å². The van der Waals surface area contributed by atoms with Crippen LogP contribution in [0.5, 0.6) is 5.88 Å². The lowest BCUT2D eigenvalue weighted by atomic mass is 10.2. The van der Waals surface area contributed by atoms with Crippen LogP contribution in [0.25, 0.3) is 0 Å². The van der Waals surface area contributed by atoms with Crippen LogP contribution in [-0.4, -0.2) is 75.4 Å². The van der Waals surface area contributed by atoms with E-state index in [0.717, 1.165) is 11.4 Å². The van der Waals surface area contributed by atoms with Crippen LogP contribution in [0.4, 0.5) is 18.9 Å². The molecule has 3 heterocycles. The van der Waals surface area contributed by atoms with Gasteiger partial charge in [-0.3, -0.25) is 14.3 Å². The molecule has 196 valence electrons. The molecule has 1 aliphatic rings. The van der Waals surface area contributed by atoms with Crippen LogP contribution in [0, 0.1) is 13.8 Å². The third-order valence-corrected chi connectivity index (χ3v) is 5.84. The van der Waals surface area contributed by atoms with Gasteiger partial charge in [0.1, 0.15) is 6.54 Å². The number of ether oxygens (including phenoxy) is 1. The zero-order valence-electron chi connectivity index (χ0n) is 20.5. The van der Waals surface area contributed by atoms with Crippen molar-refractivity contribution in [2.24, 2.45) is 0 Å². The molecule has 1 saturated heterocycles. The highest BCUT2D eigenvalue weighted by atomic mass is 19.4. The highest BCUT2D eigenvalue weighted by Gasteiger charge is 2.31. The predicted octanol–water partition coefficient (Wildman–Crippen LogP) is 3.24. The van der Waals surface area contributed by atoms with E-state index >= 15 is 0 Å². The number of piperazine rings is 1. The van der Waals surface area contributed by atoms with Gasteiger partial charge in [-0.2, -0.15) is 18.3 Å². The smallest absolute Gasteiger partial charge is 0.422 e. The Morgan fingerprint density at radius 1 is 1.03 bits per heavy atom. The molecule has 0 radical (unpaired) electrons. The minimum Gasteiger partial charge on any atom is -0.468 e. The van der Waals surface area contributed by atoms with E-state index in [9.17, 15) is 22.8 Å². The Balaban J connectivity index is 1.51. The van der Waals surface area contributed by atoms with Crippen molar-refractivity contribution < 1.29 is 27.5 Å². The van der Waals surface area contributed by atoms with Crippen molar-refractivity contribution in [1.29, 1.82) is 0 Å². The van der Waals surface area contributed by atoms with Gasteiger partial charge in [0.2, 0.25) is 11.8 Å². The number of nitrogens with zero attached hydrogens (tertiary/aromatic N) is 6. The van der Waals surface area contributed by atoms with Gasteiger partial charge >= 0.3 is 6.18 Å². The van der Waals surface area contributed by atoms with Gasteiger partial charge in [-0.05, 0) is 38.1 Å². The number of aromatic nitrogens is 3. The van der Waals surface area contributed by atoms with Crippen molar-refractivity contribution in [2.75, 3.05) is 37.8 Å². The van der Waals surface area contributed by atoms with Gasteiger partial charge < -0.3 is 9.64 Å². The highest BCUT2D eigenvalue weighted by molar-refractivity contribution is 6.05. The van der Waals surface area contributed by atoms with Crippen molar-refractivity contribution in [1.82, 2.24) is 24.7 Å². The third-order valence-electron chi connectivity index (χ3n) is 5.84. The highest BCUT2D eigenvalue weighted by Crippen LogP contribution is 2.25. The number of anilines is 1. The van der Waals surface area contributed by atoms with Crippen molar-refractivity contribution in [3.63, 3.8) is 0 Å². The van der Waals surface area contributed by atoms with Crippen LogP contribution in [-0.2, 0) is 11.3 Å². The van der Waals surface area contributed by atoms with E-state index in [2.05, 4.69) is 10.1 Å². The van der Waals surface area contributed by atoms with Crippen molar-refractivity contribution >= 4 is 17.5 Å². The Hall–Kier alpha value is -3.93. The first-order chi connectivity index (χ1) is 17.6. The summed E-state index contributed by atoms with van der Waals surface area (Å²) < 4.78 is 44.4. The Bertz CT molecular complexity index is 1240. The summed E-state index contributed by atoms with van der Waals surface area (Å²) in [6.45, 7) is 3.77. The molecule has 2 aromatic heterocycles. The van der Waals surface area contributed by atoms with Crippen molar-refractivity contribution in [3.8, 4) is 5.88 Å². The number of carbonyl (C=O) groups excluding carboxylic acids is 2. The maximum Gasteiger partial charge on any atom is 0.422 e. The van der Waals surface area contributed by atoms with Crippen LogP contribution in [0.15, 0.2) is 54.7 Å². The first-order valence-corrected chi connectivity index (χ1v) is 11.7. The summed E-state index contributed by atoms with van der Waals surface area (Å²) in [5.74, 6) is -0.700. The maximum atomic E-state index is 13.5. The molecule has 37 heavy (non-hydrogen) atoms. The molecule has 2 amide bonds. The fourth-order valence-electron chi connectivity index (χ4n) is 4.09. The molecule has 0 aliphatic carbocycles. The minimum atomic E-state index is -4.52. The van der Waals surface area contributed by atoms with Gasteiger partial charge in [0.05, 0.1) is 11.4 Å². The maximum absolute atomic E-state index is 13.5.